The Morgan fingerprint density at radius 1 is 1.48 bits per heavy atom. The third-order valence-electron chi connectivity index (χ3n) is 3.89. The van der Waals surface area contributed by atoms with Crippen molar-refractivity contribution in [3.8, 4) is 0 Å². The van der Waals surface area contributed by atoms with Gasteiger partial charge in [-0.05, 0) is 25.0 Å². The number of amides is 1. The zero-order valence-electron chi connectivity index (χ0n) is 12.5. The van der Waals surface area contributed by atoms with E-state index < -0.39 is 9.84 Å². The van der Waals surface area contributed by atoms with Gasteiger partial charge >= 0.3 is 0 Å². The molecule has 1 unspecified atom stereocenters. The molecule has 0 radical (unpaired) electrons. The minimum atomic E-state index is -2.97. The highest BCUT2D eigenvalue weighted by molar-refractivity contribution is 7.91. The highest BCUT2D eigenvalue weighted by Crippen LogP contribution is 2.20. The van der Waals surface area contributed by atoms with Crippen LogP contribution in [-0.2, 0) is 21.1 Å². The predicted octanol–water partition coefficient (Wildman–Crippen LogP) is 2.03. The minimum Gasteiger partial charge on any atom is -0.469 e. The SMILES string of the molecule is CCCCN(C(=O)CCc1ccco1)C1CCS(=O)(=O)C1. The standard InChI is InChI=1S/C15H23NO4S/c1-2-3-9-16(13-8-11-21(18,19)12-13)15(17)7-6-14-5-4-10-20-14/h4-5,10,13H,2-3,6-9,11-12H2,1H3. The monoisotopic (exact) mass is 313 g/mol. The highest BCUT2D eigenvalue weighted by Gasteiger charge is 2.34. The second-order valence-electron chi connectivity index (χ2n) is 5.58. The van der Waals surface area contributed by atoms with Crippen LogP contribution in [0.2, 0.25) is 0 Å². The van der Waals surface area contributed by atoms with Gasteiger partial charge in [0, 0.05) is 25.4 Å². The molecule has 5 nitrogen and oxygen atoms in total. The van der Waals surface area contributed by atoms with Crippen molar-refractivity contribution < 1.29 is 17.6 Å². The molecule has 1 amide bonds. The number of hydrogen-bond donors (Lipinski definition) is 0. The van der Waals surface area contributed by atoms with Crippen molar-refractivity contribution in [3.63, 3.8) is 0 Å². The molecule has 1 fully saturated rings. The van der Waals surface area contributed by atoms with E-state index in [-0.39, 0.29) is 23.5 Å². The summed E-state index contributed by atoms with van der Waals surface area (Å²) in [5.41, 5.74) is 0. The van der Waals surface area contributed by atoms with Gasteiger partial charge in [-0.2, -0.15) is 0 Å². The van der Waals surface area contributed by atoms with Gasteiger partial charge in [-0.3, -0.25) is 4.79 Å². The molecule has 1 aromatic heterocycles. The Labute approximate surface area is 126 Å². The summed E-state index contributed by atoms with van der Waals surface area (Å²) >= 11 is 0. The van der Waals surface area contributed by atoms with Crippen LogP contribution in [0.1, 0.15) is 38.4 Å². The first kappa shape index (κ1) is 16.1. The van der Waals surface area contributed by atoms with Crippen molar-refractivity contribution in [2.45, 2.75) is 45.1 Å². The van der Waals surface area contributed by atoms with Crippen molar-refractivity contribution >= 4 is 15.7 Å². The highest BCUT2D eigenvalue weighted by atomic mass is 32.2. The van der Waals surface area contributed by atoms with Crippen molar-refractivity contribution in [2.75, 3.05) is 18.1 Å². The Hall–Kier alpha value is -1.30. The van der Waals surface area contributed by atoms with E-state index in [4.69, 9.17) is 4.42 Å². The average Bonchev–Trinajstić information content (AvgIpc) is 3.06. The van der Waals surface area contributed by atoms with Crippen LogP contribution in [0.15, 0.2) is 22.8 Å². The van der Waals surface area contributed by atoms with Crippen molar-refractivity contribution in [2.24, 2.45) is 0 Å². The lowest BCUT2D eigenvalue weighted by molar-refractivity contribution is -0.133. The van der Waals surface area contributed by atoms with Crippen LogP contribution in [0, 0.1) is 0 Å². The summed E-state index contributed by atoms with van der Waals surface area (Å²) in [6, 6.07) is 3.51. The van der Waals surface area contributed by atoms with Crippen LogP contribution in [0.3, 0.4) is 0 Å². The molecule has 2 heterocycles. The third-order valence-corrected chi connectivity index (χ3v) is 5.64. The number of nitrogens with zero attached hydrogens (tertiary/aromatic N) is 1. The third kappa shape index (κ3) is 4.59. The minimum absolute atomic E-state index is 0.0296. The number of carbonyl (C=O) groups is 1. The Kier molecular flexibility index (Phi) is 5.45. The number of carbonyl (C=O) groups excluding carboxylic acids is 1. The van der Waals surface area contributed by atoms with Crippen LogP contribution in [-0.4, -0.2) is 43.3 Å². The van der Waals surface area contributed by atoms with Crippen LogP contribution < -0.4 is 0 Å². The van der Waals surface area contributed by atoms with Gasteiger partial charge in [0.1, 0.15) is 5.76 Å². The number of rotatable bonds is 7. The lowest BCUT2D eigenvalue weighted by atomic mass is 10.1. The molecule has 1 aromatic rings. The summed E-state index contributed by atoms with van der Waals surface area (Å²) in [5.74, 6) is 1.13. The topological polar surface area (TPSA) is 67.6 Å². The molecule has 0 aromatic carbocycles. The van der Waals surface area contributed by atoms with Crippen molar-refractivity contribution in [3.05, 3.63) is 24.2 Å². The van der Waals surface area contributed by atoms with Crippen LogP contribution >= 0.6 is 0 Å². The van der Waals surface area contributed by atoms with E-state index in [1.165, 1.54) is 0 Å². The summed E-state index contributed by atoms with van der Waals surface area (Å²) in [6.07, 6.45) is 4.99. The van der Waals surface area contributed by atoms with E-state index >= 15 is 0 Å². The van der Waals surface area contributed by atoms with Crippen molar-refractivity contribution in [1.82, 2.24) is 4.90 Å². The molecular weight excluding hydrogens is 290 g/mol. The van der Waals surface area contributed by atoms with Gasteiger partial charge in [0.25, 0.3) is 0 Å². The maximum absolute atomic E-state index is 12.4. The number of aryl methyl sites for hydroxylation is 1. The van der Waals surface area contributed by atoms with Gasteiger partial charge in [0.15, 0.2) is 9.84 Å². The molecular formula is C15H23NO4S. The Bertz CT molecular complexity index is 550. The molecule has 0 bridgehead atoms. The maximum atomic E-state index is 12.4. The van der Waals surface area contributed by atoms with E-state index in [2.05, 4.69) is 6.92 Å². The zero-order chi connectivity index (χ0) is 15.3. The molecule has 6 heteroatoms. The van der Waals surface area contributed by atoms with Gasteiger partial charge < -0.3 is 9.32 Å². The fourth-order valence-corrected chi connectivity index (χ4v) is 4.42. The van der Waals surface area contributed by atoms with Gasteiger partial charge in [0.05, 0.1) is 17.8 Å². The summed E-state index contributed by atoms with van der Waals surface area (Å²) in [7, 11) is -2.97. The van der Waals surface area contributed by atoms with E-state index in [0.717, 1.165) is 18.6 Å². The van der Waals surface area contributed by atoms with E-state index in [1.807, 2.05) is 6.07 Å². The van der Waals surface area contributed by atoms with E-state index in [1.54, 1.807) is 17.2 Å². The van der Waals surface area contributed by atoms with Gasteiger partial charge in [-0.1, -0.05) is 13.3 Å². The molecule has 1 aliphatic heterocycles. The van der Waals surface area contributed by atoms with Gasteiger partial charge in [0.2, 0.25) is 5.91 Å². The Morgan fingerprint density at radius 3 is 2.86 bits per heavy atom. The molecule has 0 spiro atoms. The second-order valence-corrected chi connectivity index (χ2v) is 7.81. The summed E-state index contributed by atoms with van der Waals surface area (Å²) in [6.45, 7) is 2.71. The number of hydrogen-bond acceptors (Lipinski definition) is 4. The van der Waals surface area contributed by atoms with Gasteiger partial charge in [-0.15, -0.1) is 0 Å². The fourth-order valence-electron chi connectivity index (χ4n) is 2.69. The molecule has 0 saturated carbocycles. The van der Waals surface area contributed by atoms with E-state index in [0.29, 0.717) is 25.8 Å². The lowest BCUT2D eigenvalue weighted by Gasteiger charge is -2.28. The van der Waals surface area contributed by atoms with E-state index in [9.17, 15) is 13.2 Å². The molecule has 0 N–H and O–H groups in total. The fraction of sp³-hybridized carbons (Fsp3) is 0.667. The smallest absolute Gasteiger partial charge is 0.223 e. The lowest BCUT2D eigenvalue weighted by Crippen LogP contribution is -2.41. The van der Waals surface area contributed by atoms with Crippen LogP contribution in [0.5, 0.6) is 0 Å². The maximum Gasteiger partial charge on any atom is 0.223 e. The first-order valence-electron chi connectivity index (χ1n) is 7.54. The molecule has 0 aliphatic carbocycles. The van der Waals surface area contributed by atoms with Crippen molar-refractivity contribution in [1.29, 1.82) is 0 Å². The zero-order valence-corrected chi connectivity index (χ0v) is 13.3. The summed E-state index contributed by atoms with van der Waals surface area (Å²) < 4.78 is 28.5. The second kappa shape index (κ2) is 7.11. The number of unbranched alkanes of at least 4 members (excludes halogenated alkanes) is 1. The van der Waals surface area contributed by atoms with Crippen LogP contribution in [0.4, 0.5) is 0 Å². The summed E-state index contributed by atoms with van der Waals surface area (Å²) in [4.78, 5) is 14.2. The largest absolute Gasteiger partial charge is 0.469 e. The molecule has 118 valence electrons. The van der Waals surface area contributed by atoms with Gasteiger partial charge in [-0.25, -0.2) is 8.42 Å². The number of sulfone groups is 1. The first-order valence-corrected chi connectivity index (χ1v) is 9.36. The molecule has 1 atom stereocenters. The molecule has 1 aliphatic rings. The van der Waals surface area contributed by atoms with Crippen LogP contribution in [0.25, 0.3) is 0 Å². The predicted molar refractivity (Wildman–Crippen MR) is 80.7 cm³/mol. The quantitative estimate of drug-likeness (QED) is 0.772. The average molecular weight is 313 g/mol. The number of furan rings is 1. The molecule has 1 saturated heterocycles. The molecule has 21 heavy (non-hydrogen) atoms. The summed E-state index contributed by atoms with van der Waals surface area (Å²) in [5, 5.41) is 0. The Morgan fingerprint density at radius 2 is 2.29 bits per heavy atom. The molecule has 2 rings (SSSR count). The normalized spacial score (nSPS) is 20.5. The Balaban J connectivity index is 1.96. The first-order chi connectivity index (χ1) is 10.0.